The van der Waals surface area contributed by atoms with E-state index in [9.17, 15) is 9.59 Å². The Morgan fingerprint density at radius 3 is 2.61 bits per heavy atom. The minimum absolute atomic E-state index is 0.0702. The second kappa shape index (κ2) is 9.70. The van der Waals surface area contributed by atoms with E-state index in [0.717, 1.165) is 16.7 Å². The van der Waals surface area contributed by atoms with Crippen molar-refractivity contribution >= 4 is 35.4 Å². The van der Waals surface area contributed by atoms with E-state index in [1.807, 2.05) is 68.7 Å². The number of nitrogens with one attached hydrogen (secondary N) is 3. The second-order valence-electron chi connectivity index (χ2n) is 7.85. The van der Waals surface area contributed by atoms with Gasteiger partial charge in [0, 0.05) is 35.8 Å². The Balaban J connectivity index is 1.70. The molecule has 0 aliphatic carbocycles. The number of aromatic amines is 1. The first-order valence-corrected chi connectivity index (χ1v) is 10.6. The minimum Gasteiger partial charge on any atom is -0.326 e. The molecule has 162 valence electrons. The molecule has 0 saturated heterocycles. The van der Waals surface area contributed by atoms with Crippen molar-refractivity contribution in [2.24, 2.45) is 5.92 Å². The molecule has 0 spiro atoms. The van der Waals surface area contributed by atoms with Crippen LogP contribution in [-0.4, -0.2) is 26.6 Å². The monoisotopic (exact) mass is 437 g/mol. The molecule has 0 bridgehead atoms. The molecule has 31 heavy (non-hydrogen) atoms. The van der Waals surface area contributed by atoms with Crippen LogP contribution >= 0.6 is 12.2 Å². The van der Waals surface area contributed by atoms with Crippen LogP contribution in [0.4, 0.5) is 11.4 Å². The maximum atomic E-state index is 12.6. The number of aryl methyl sites for hydroxylation is 2. The summed E-state index contributed by atoms with van der Waals surface area (Å²) in [6.45, 7) is 7.98. The number of amides is 2. The molecule has 2 amide bonds. The van der Waals surface area contributed by atoms with Gasteiger partial charge in [-0.15, -0.1) is 0 Å². The Morgan fingerprint density at radius 2 is 1.90 bits per heavy atom. The van der Waals surface area contributed by atoms with Gasteiger partial charge in [0.25, 0.3) is 0 Å². The average molecular weight is 438 g/mol. The number of anilines is 2. The van der Waals surface area contributed by atoms with Crippen molar-refractivity contribution in [2.75, 3.05) is 10.6 Å². The third-order valence-electron chi connectivity index (χ3n) is 4.90. The second-order valence-corrected chi connectivity index (χ2v) is 8.23. The summed E-state index contributed by atoms with van der Waals surface area (Å²) >= 11 is 5.36. The zero-order chi connectivity index (χ0) is 22.5. The van der Waals surface area contributed by atoms with Crippen LogP contribution in [0, 0.1) is 24.5 Å². The van der Waals surface area contributed by atoms with Gasteiger partial charge in [-0.3, -0.25) is 19.3 Å². The molecule has 0 atom stereocenters. The van der Waals surface area contributed by atoms with Crippen molar-refractivity contribution in [3.63, 3.8) is 0 Å². The lowest BCUT2D eigenvalue weighted by atomic mass is 10.1. The summed E-state index contributed by atoms with van der Waals surface area (Å²) < 4.78 is 2.30. The molecule has 7 nitrogen and oxygen atoms in total. The summed E-state index contributed by atoms with van der Waals surface area (Å²) in [5, 5.41) is 12.9. The van der Waals surface area contributed by atoms with Gasteiger partial charge >= 0.3 is 0 Å². The van der Waals surface area contributed by atoms with Crippen LogP contribution < -0.4 is 10.6 Å². The molecule has 0 unspecified atom stereocenters. The Morgan fingerprint density at radius 1 is 1.13 bits per heavy atom. The molecular formula is C23H27N5O2S. The molecule has 0 saturated carbocycles. The highest BCUT2D eigenvalue weighted by atomic mass is 32.1. The Kier molecular flexibility index (Phi) is 7.02. The van der Waals surface area contributed by atoms with Gasteiger partial charge in [-0.1, -0.05) is 43.7 Å². The molecule has 2 aromatic carbocycles. The van der Waals surface area contributed by atoms with Gasteiger partial charge in [-0.05, 0) is 49.8 Å². The molecule has 3 N–H and O–H groups in total. The highest BCUT2D eigenvalue weighted by Gasteiger charge is 2.13. The van der Waals surface area contributed by atoms with Crippen molar-refractivity contribution in [2.45, 2.75) is 40.7 Å². The minimum atomic E-state index is -0.145. The van der Waals surface area contributed by atoms with Crippen LogP contribution in [0.2, 0.25) is 0 Å². The maximum absolute atomic E-state index is 12.6. The predicted molar refractivity (Wildman–Crippen MR) is 125 cm³/mol. The van der Waals surface area contributed by atoms with Crippen LogP contribution in [0.3, 0.4) is 0 Å². The molecule has 0 aliphatic heterocycles. The average Bonchev–Trinajstić information content (AvgIpc) is 3.09. The van der Waals surface area contributed by atoms with Crippen LogP contribution in [-0.2, 0) is 16.1 Å². The smallest absolute Gasteiger partial charge is 0.226 e. The van der Waals surface area contributed by atoms with Crippen molar-refractivity contribution in [1.29, 1.82) is 0 Å². The number of carbonyl (C=O) groups excluding carboxylic acids is 2. The summed E-state index contributed by atoms with van der Waals surface area (Å²) in [6.07, 6.45) is 0.231. The number of rotatable bonds is 7. The van der Waals surface area contributed by atoms with Gasteiger partial charge in [0.05, 0.1) is 0 Å². The molecule has 0 fully saturated rings. The van der Waals surface area contributed by atoms with Crippen LogP contribution in [0.5, 0.6) is 0 Å². The predicted octanol–water partition coefficient (Wildman–Crippen LogP) is 4.85. The number of hydrogen-bond donors (Lipinski definition) is 3. The summed E-state index contributed by atoms with van der Waals surface area (Å²) in [5.74, 6) is 0.366. The topological polar surface area (TPSA) is 91.8 Å². The number of hydrogen-bond acceptors (Lipinski definition) is 4. The van der Waals surface area contributed by atoms with Crippen LogP contribution in [0.25, 0.3) is 11.4 Å². The van der Waals surface area contributed by atoms with Crippen LogP contribution in [0.1, 0.15) is 31.4 Å². The van der Waals surface area contributed by atoms with E-state index >= 15 is 0 Å². The van der Waals surface area contributed by atoms with Crippen molar-refractivity contribution in [3.8, 4) is 11.4 Å². The summed E-state index contributed by atoms with van der Waals surface area (Å²) in [4.78, 5) is 24.6. The summed E-state index contributed by atoms with van der Waals surface area (Å²) in [5.41, 5.74) is 4.30. The molecule has 1 aromatic heterocycles. The zero-order valence-electron chi connectivity index (χ0n) is 18.2. The first kappa shape index (κ1) is 22.4. The van der Waals surface area contributed by atoms with E-state index in [1.54, 1.807) is 6.07 Å². The molecule has 8 heteroatoms. The van der Waals surface area contributed by atoms with E-state index < -0.39 is 0 Å². The number of nitrogens with zero attached hydrogens (tertiary/aromatic N) is 2. The van der Waals surface area contributed by atoms with E-state index in [0.29, 0.717) is 28.5 Å². The van der Waals surface area contributed by atoms with Crippen molar-refractivity contribution in [3.05, 3.63) is 58.4 Å². The van der Waals surface area contributed by atoms with Crippen molar-refractivity contribution < 1.29 is 9.59 Å². The fraction of sp³-hybridized carbons (Fsp3) is 0.304. The SMILES string of the molecule is Cc1cccc(-c2n[nH]c(=S)n2CCC(=O)Nc2cc(NC(=O)C(C)C)ccc2C)c1. The van der Waals surface area contributed by atoms with Gasteiger partial charge in [0.15, 0.2) is 10.6 Å². The molecule has 3 aromatic rings. The fourth-order valence-electron chi connectivity index (χ4n) is 3.08. The molecule has 3 rings (SSSR count). The first-order chi connectivity index (χ1) is 14.7. The Bertz CT molecular complexity index is 1160. The first-order valence-electron chi connectivity index (χ1n) is 10.2. The van der Waals surface area contributed by atoms with Gasteiger partial charge in [0.2, 0.25) is 11.8 Å². The van der Waals surface area contributed by atoms with E-state index in [2.05, 4.69) is 20.8 Å². The molecule has 1 heterocycles. The highest BCUT2D eigenvalue weighted by molar-refractivity contribution is 7.71. The number of carbonyl (C=O) groups is 2. The van der Waals surface area contributed by atoms with Crippen molar-refractivity contribution in [1.82, 2.24) is 14.8 Å². The molecule has 0 aliphatic rings. The van der Waals surface area contributed by atoms with Gasteiger partial charge in [0.1, 0.15) is 0 Å². The van der Waals surface area contributed by atoms with Gasteiger partial charge in [-0.2, -0.15) is 5.10 Å². The number of aromatic nitrogens is 3. The van der Waals surface area contributed by atoms with Gasteiger partial charge < -0.3 is 10.6 Å². The Hall–Kier alpha value is -3.26. The van der Waals surface area contributed by atoms with E-state index in [1.165, 1.54) is 0 Å². The number of H-pyrrole nitrogens is 1. The quantitative estimate of drug-likeness (QED) is 0.461. The van der Waals surface area contributed by atoms with Gasteiger partial charge in [-0.25, -0.2) is 0 Å². The fourth-order valence-corrected chi connectivity index (χ4v) is 3.30. The third kappa shape index (κ3) is 5.67. The largest absolute Gasteiger partial charge is 0.326 e. The number of benzene rings is 2. The molecule has 0 radical (unpaired) electrons. The normalized spacial score (nSPS) is 10.9. The third-order valence-corrected chi connectivity index (χ3v) is 5.21. The van der Waals surface area contributed by atoms with E-state index in [-0.39, 0.29) is 24.2 Å². The standard InChI is InChI=1S/C23H27N5O2S/c1-14(2)22(30)24-18-9-8-16(4)19(13-18)25-20(29)10-11-28-21(26-27-23(28)31)17-7-5-6-15(3)12-17/h5-9,12-14H,10-11H2,1-4H3,(H,24,30)(H,25,29)(H,27,31). The highest BCUT2D eigenvalue weighted by Crippen LogP contribution is 2.22. The Labute approximate surface area is 186 Å². The van der Waals surface area contributed by atoms with E-state index in [4.69, 9.17) is 12.2 Å². The lowest BCUT2D eigenvalue weighted by Gasteiger charge is -2.13. The maximum Gasteiger partial charge on any atom is 0.226 e. The molecular weight excluding hydrogens is 410 g/mol. The lowest BCUT2D eigenvalue weighted by molar-refractivity contribution is -0.119. The summed E-state index contributed by atoms with van der Waals surface area (Å²) in [6, 6.07) is 13.4. The summed E-state index contributed by atoms with van der Waals surface area (Å²) in [7, 11) is 0. The zero-order valence-corrected chi connectivity index (χ0v) is 19.0. The van der Waals surface area contributed by atoms with Crippen LogP contribution in [0.15, 0.2) is 42.5 Å². The lowest BCUT2D eigenvalue weighted by Crippen LogP contribution is -2.19.